The minimum absolute atomic E-state index is 0.200. The number of carbonyl (C=O) groups is 2. The summed E-state index contributed by atoms with van der Waals surface area (Å²) in [6, 6.07) is 0.925. The van der Waals surface area contributed by atoms with Crippen LogP contribution in [0.4, 0.5) is 0 Å². The van der Waals surface area contributed by atoms with Crippen molar-refractivity contribution in [2.45, 2.75) is 64.0 Å². The van der Waals surface area contributed by atoms with Gasteiger partial charge in [-0.2, -0.15) is 0 Å². The van der Waals surface area contributed by atoms with Crippen LogP contribution in [0.15, 0.2) is 0 Å². The molecule has 148 valence electrons. The Morgan fingerprint density at radius 1 is 1.04 bits per heavy atom. The highest BCUT2D eigenvalue weighted by Crippen LogP contribution is 2.32. The van der Waals surface area contributed by atoms with Gasteiger partial charge < -0.3 is 14.5 Å². The van der Waals surface area contributed by atoms with Crippen LogP contribution in [-0.2, 0) is 14.3 Å². The predicted octanol–water partition coefficient (Wildman–Crippen LogP) is 1.74. The van der Waals surface area contributed by atoms with Gasteiger partial charge in [0.25, 0.3) is 0 Å². The lowest BCUT2D eigenvalue weighted by Crippen LogP contribution is -2.55. The topological polar surface area (TPSA) is 53.1 Å². The summed E-state index contributed by atoms with van der Waals surface area (Å²) in [5.74, 6) is 0.879. The van der Waals surface area contributed by atoms with Crippen molar-refractivity contribution in [3.63, 3.8) is 0 Å². The molecule has 0 aromatic heterocycles. The Morgan fingerprint density at radius 2 is 1.77 bits per heavy atom. The Bertz CT molecular complexity index is 489. The lowest BCUT2D eigenvalue weighted by Gasteiger charge is -2.44. The third kappa shape index (κ3) is 4.97. The summed E-state index contributed by atoms with van der Waals surface area (Å²) in [5, 5.41) is 0. The van der Waals surface area contributed by atoms with Crippen molar-refractivity contribution in [2.75, 3.05) is 46.4 Å². The molecular formula is C20H35N3O3. The van der Waals surface area contributed by atoms with Crippen LogP contribution in [0.2, 0.25) is 0 Å². The SMILES string of the molecule is CCC(=O)N(C)CCN(C1CCOCC1)C1CCCN(C(=O)C2CC2)C1. The summed E-state index contributed by atoms with van der Waals surface area (Å²) in [4.78, 5) is 31.0. The summed E-state index contributed by atoms with van der Waals surface area (Å²) in [6.07, 6.45) is 7.06. The molecule has 3 aliphatic rings. The summed E-state index contributed by atoms with van der Waals surface area (Å²) < 4.78 is 5.56. The number of carbonyl (C=O) groups excluding carboxylic acids is 2. The van der Waals surface area contributed by atoms with Gasteiger partial charge in [-0.15, -0.1) is 0 Å². The zero-order valence-corrected chi connectivity index (χ0v) is 16.5. The van der Waals surface area contributed by atoms with Gasteiger partial charge in [-0.1, -0.05) is 6.92 Å². The fraction of sp³-hybridized carbons (Fsp3) is 0.900. The van der Waals surface area contributed by atoms with Gasteiger partial charge >= 0.3 is 0 Å². The van der Waals surface area contributed by atoms with E-state index in [2.05, 4.69) is 9.80 Å². The minimum atomic E-state index is 0.200. The molecule has 0 N–H and O–H groups in total. The van der Waals surface area contributed by atoms with Crippen molar-refractivity contribution in [3.8, 4) is 0 Å². The highest BCUT2D eigenvalue weighted by atomic mass is 16.5. The number of likely N-dealkylation sites (N-methyl/N-ethyl adjacent to an activating group) is 1. The van der Waals surface area contributed by atoms with Crippen LogP contribution in [0, 0.1) is 5.92 Å². The monoisotopic (exact) mass is 365 g/mol. The predicted molar refractivity (Wildman–Crippen MR) is 101 cm³/mol. The Morgan fingerprint density at radius 3 is 2.42 bits per heavy atom. The van der Waals surface area contributed by atoms with Crippen LogP contribution >= 0.6 is 0 Å². The molecule has 0 bridgehead atoms. The first-order chi connectivity index (χ1) is 12.6. The fourth-order valence-electron chi connectivity index (χ4n) is 4.35. The quantitative estimate of drug-likeness (QED) is 0.690. The third-order valence-electron chi connectivity index (χ3n) is 6.19. The Labute approximate surface area is 157 Å². The van der Waals surface area contributed by atoms with Gasteiger partial charge in [0, 0.05) is 70.9 Å². The van der Waals surface area contributed by atoms with Crippen LogP contribution in [-0.4, -0.2) is 85.0 Å². The molecule has 1 unspecified atom stereocenters. The number of nitrogens with zero attached hydrogens (tertiary/aromatic N) is 3. The van der Waals surface area contributed by atoms with Gasteiger partial charge in [0.1, 0.15) is 0 Å². The number of rotatable bonds is 7. The molecule has 6 heteroatoms. The van der Waals surface area contributed by atoms with Crippen molar-refractivity contribution in [2.24, 2.45) is 5.92 Å². The van der Waals surface area contributed by atoms with Gasteiger partial charge in [-0.25, -0.2) is 0 Å². The van der Waals surface area contributed by atoms with Gasteiger partial charge in [0.05, 0.1) is 0 Å². The van der Waals surface area contributed by atoms with E-state index >= 15 is 0 Å². The Hall–Kier alpha value is -1.14. The molecule has 26 heavy (non-hydrogen) atoms. The molecule has 2 saturated heterocycles. The zero-order chi connectivity index (χ0) is 18.5. The Balaban J connectivity index is 1.63. The van der Waals surface area contributed by atoms with Gasteiger partial charge in [-0.3, -0.25) is 14.5 Å². The number of likely N-dealkylation sites (tertiary alicyclic amines) is 1. The smallest absolute Gasteiger partial charge is 0.225 e. The van der Waals surface area contributed by atoms with E-state index in [1.165, 1.54) is 0 Å². The number of hydrogen-bond donors (Lipinski definition) is 0. The van der Waals surface area contributed by atoms with E-state index in [0.29, 0.717) is 30.3 Å². The molecule has 3 rings (SSSR count). The van der Waals surface area contributed by atoms with Gasteiger partial charge in [-0.05, 0) is 38.5 Å². The average Bonchev–Trinajstić information content (AvgIpc) is 3.53. The number of hydrogen-bond acceptors (Lipinski definition) is 4. The fourth-order valence-corrected chi connectivity index (χ4v) is 4.35. The number of amides is 2. The molecule has 2 aliphatic heterocycles. The maximum Gasteiger partial charge on any atom is 0.225 e. The maximum absolute atomic E-state index is 12.5. The number of ether oxygens (including phenoxy) is 1. The van der Waals surface area contributed by atoms with Crippen molar-refractivity contribution >= 4 is 11.8 Å². The van der Waals surface area contributed by atoms with Crippen LogP contribution in [0.1, 0.15) is 51.9 Å². The highest BCUT2D eigenvalue weighted by molar-refractivity contribution is 5.81. The molecule has 1 atom stereocenters. The minimum Gasteiger partial charge on any atom is -0.381 e. The molecule has 2 amide bonds. The molecule has 6 nitrogen and oxygen atoms in total. The molecule has 0 spiro atoms. The zero-order valence-electron chi connectivity index (χ0n) is 16.5. The molecule has 2 heterocycles. The largest absolute Gasteiger partial charge is 0.381 e. The van der Waals surface area contributed by atoms with E-state index in [9.17, 15) is 9.59 Å². The Kier molecular flexibility index (Phi) is 6.92. The molecule has 0 radical (unpaired) electrons. The summed E-state index contributed by atoms with van der Waals surface area (Å²) in [7, 11) is 1.90. The second kappa shape index (κ2) is 9.18. The van der Waals surface area contributed by atoms with Crippen molar-refractivity contribution in [3.05, 3.63) is 0 Å². The molecule has 3 fully saturated rings. The normalized spacial score (nSPS) is 24.7. The lowest BCUT2D eigenvalue weighted by atomic mass is 9.98. The van der Waals surface area contributed by atoms with Crippen molar-refractivity contribution in [1.29, 1.82) is 0 Å². The first kappa shape index (κ1) is 19.6. The van der Waals surface area contributed by atoms with Crippen molar-refractivity contribution < 1.29 is 14.3 Å². The van der Waals surface area contributed by atoms with Crippen LogP contribution in [0.5, 0.6) is 0 Å². The van der Waals surface area contributed by atoms with Gasteiger partial charge in [0.15, 0.2) is 0 Å². The van der Waals surface area contributed by atoms with E-state index in [0.717, 1.165) is 77.9 Å². The first-order valence-corrected chi connectivity index (χ1v) is 10.5. The van der Waals surface area contributed by atoms with E-state index in [1.54, 1.807) is 0 Å². The van der Waals surface area contributed by atoms with Crippen LogP contribution in [0.25, 0.3) is 0 Å². The number of piperidine rings is 1. The summed E-state index contributed by atoms with van der Waals surface area (Å²) in [6.45, 7) is 6.99. The van der Waals surface area contributed by atoms with E-state index in [4.69, 9.17) is 4.74 Å². The van der Waals surface area contributed by atoms with E-state index < -0.39 is 0 Å². The third-order valence-corrected chi connectivity index (χ3v) is 6.19. The molecular weight excluding hydrogens is 330 g/mol. The molecule has 0 aromatic rings. The average molecular weight is 366 g/mol. The highest BCUT2D eigenvalue weighted by Gasteiger charge is 2.37. The van der Waals surface area contributed by atoms with Gasteiger partial charge in [0.2, 0.25) is 11.8 Å². The summed E-state index contributed by atoms with van der Waals surface area (Å²) in [5.41, 5.74) is 0. The summed E-state index contributed by atoms with van der Waals surface area (Å²) >= 11 is 0. The second-order valence-electron chi connectivity index (χ2n) is 8.10. The standard InChI is InChI=1S/C20H35N3O3/c1-3-19(24)21(2)11-12-23(17-8-13-26-14-9-17)18-5-4-10-22(15-18)20(25)16-6-7-16/h16-18H,3-15H2,1-2H3. The second-order valence-corrected chi connectivity index (χ2v) is 8.10. The van der Waals surface area contributed by atoms with Crippen molar-refractivity contribution in [1.82, 2.24) is 14.7 Å². The molecule has 1 aliphatic carbocycles. The maximum atomic E-state index is 12.5. The van der Waals surface area contributed by atoms with Crippen LogP contribution < -0.4 is 0 Å². The van der Waals surface area contributed by atoms with Crippen LogP contribution in [0.3, 0.4) is 0 Å². The first-order valence-electron chi connectivity index (χ1n) is 10.5. The lowest BCUT2D eigenvalue weighted by molar-refractivity contribution is -0.135. The molecule has 0 aromatic carbocycles. The van der Waals surface area contributed by atoms with E-state index in [1.807, 2.05) is 18.9 Å². The molecule has 1 saturated carbocycles. The van der Waals surface area contributed by atoms with E-state index in [-0.39, 0.29) is 5.91 Å².